The average Bonchev–Trinajstić information content (AvgIpc) is 3.69. The van der Waals surface area contributed by atoms with Crippen molar-refractivity contribution in [2.45, 2.75) is 0 Å². The number of para-hydroxylation sites is 1. The fourth-order valence-corrected chi connectivity index (χ4v) is 7.99. The smallest absolute Gasteiger partial charge is 0.164 e. The first-order valence-corrected chi connectivity index (χ1v) is 16.1. The molecule has 10 aromatic rings. The zero-order valence-electron chi connectivity index (χ0n) is 24.4. The second-order valence-electron chi connectivity index (χ2n) is 11.6. The van der Waals surface area contributed by atoms with Gasteiger partial charge in [-0.2, -0.15) is 0 Å². The minimum atomic E-state index is 0.630. The summed E-state index contributed by atoms with van der Waals surface area (Å²) < 4.78 is 8.61. The number of furan rings is 1. The molecule has 7 aromatic carbocycles. The lowest BCUT2D eigenvalue weighted by atomic mass is 9.99. The first-order chi connectivity index (χ1) is 22.8. The lowest BCUT2D eigenvalue weighted by Gasteiger charge is -2.09. The van der Waals surface area contributed by atoms with Gasteiger partial charge in [0.1, 0.15) is 11.2 Å². The molecule has 3 aromatic heterocycles. The second kappa shape index (κ2) is 9.80. The Labute approximate surface area is 267 Å². The molecule has 0 saturated carbocycles. The van der Waals surface area contributed by atoms with Gasteiger partial charge < -0.3 is 4.42 Å². The lowest BCUT2D eigenvalue weighted by Crippen LogP contribution is -2.00. The van der Waals surface area contributed by atoms with Crippen LogP contribution in [0.15, 0.2) is 144 Å². The third-order valence-electron chi connectivity index (χ3n) is 8.91. The molecule has 3 heterocycles. The van der Waals surface area contributed by atoms with E-state index in [0.29, 0.717) is 17.5 Å². The Morgan fingerprint density at radius 1 is 0.413 bits per heavy atom. The van der Waals surface area contributed by atoms with E-state index in [4.69, 9.17) is 19.4 Å². The summed E-state index contributed by atoms with van der Waals surface area (Å²) in [7, 11) is 0. The maximum atomic E-state index is 6.09. The van der Waals surface area contributed by atoms with Crippen molar-refractivity contribution in [1.29, 1.82) is 0 Å². The van der Waals surface area contributed by atoms with Crippen LogP contribution in [-0.4, -0.2) is 15.0 Å². The Hall–Kier alpha value is -5.91. The highest BCUT2D eigenvalue weighted by atomic mass is 32.1. The van der Waals surface area contributed by atoms with Gasteiger partial charge in [-0.3, -0.25) is 0 Å². The number of benzene rings is 7. The highest BCUT2D eigenvalue weighted by molar-refractivity contribution is 7.26. The van der Waals surface area contributed by atoms with E-state index in [2.05, 4.69) is 78.9 Å². The monoisotopic (exact) mass is 605 g/mol. The molecule has 0 N–H and O–H groups in total. The van der Waals surface area contributed by atoms with Gasteiger partial charge in [0.25, 0.3) is 0 Å². The van der Waals surface area contributed by atoms with E-state index in [1.165, 1.54) is 41.7 Å². The Morgan fingerprint density at radius 2 is 1.04 bits per heavy atom. The second-order valence-corrected chi connectivity index (χ2v) is 12.7. The Balaban J connectivity index is 1.18. The van der Waals surface area contributed by atoms with Crippen molar-refractivity contribution in [2.75, 3.05) is 0 Å². The van der Waals surface area contributed by atoms with Crippen molar-refractivity contribution in [2.24, 2.45) is 0 Å². The molecule has 0 bridgehead atoms. The van der Waals surface area contributed by atoms with E-state index in [-0.39, 0.29) is 0 Å². The first kappa shape index (κ1) is 25.4. The Bertz CT molecular complexity index is 2820. The molecular formula is C41H23N3OS. The summed E-state index contributed by atoms with van der Waals surface area (Å²) in [5.74, 6) is 1.92. The topological polar surface area (TPSA) is 51.8 Å². The molecule has 0 amide bonds. The van der Waals surface area contributed by atoms with Gasteiger partial charge in [0.2, 0.25) is 0 Å². The molecule has 0 fully saturated rings. The van der Waals surface area contributed by atoms with Crippen LogP contribution >= 0.6 is 11.3 Å². The van der Waals surface area contributed by atoms with Crippen molar-refractivity contribution in [3.05, 3.63) is 140 Å². The van der Waals surface area contributed by atoms with E-state index < -0.39 is 0 Å². The number of rotatable bonds is 3. The van der Waals surface area contributed by atoms with Gasteiger partial charge in [0, 0.05) is 53.0 Å². The predicted molar refractivity (Wildman–Crippen MR) is 191 cm³/mol. The molecule has 10 rings (SSSR count). The van der Waals surface area contributed by atoms with Crippen LogP contribution in [0.4, 0.5) is 0 Å². The molecule has 0 unspecified atom stereocenters. The summed E-state index contributed by atoms with van der Waals surface area (Å²) >= 11 is 1.84. The zero-order chi connectivity index (χ0) is 30.2. The van der Waals surface area contributed by atoms with E-state index in [1.54, 1.807) is 0 Å². The van der Waals surface area contributed by atoms with Gasteiger partial charge in [-0.25, -0.2) is 15.0 Å². The molecule has 4 nitrogen and oxygen atoms in total. The minimum Gasteiger partial charge on any atom is -0.456 e. The Kier molecular flexibility index (Phi) is 5.41. The highest BCUT2D eigenvalue weighted by Gasteiger charge is 2.17. The number of hydrogen-bond donors (Lipinski definition) is 0. The normalized spacial score (nSPS) is 11.9. The van der Waals surface area contributed by atoms with Gasteiger partial charge in [0.15, 0.2) is 17.5 Å². The van der Waals surface area contributed by atoms with Crippen LogP contribution in [0.1, 0.15) is 0 Å². The lowest BCUT2D eigenvalue weighted by molar-refractivity contribution is 0.669. The molecule has 0 aliphatic carbocycles. The van der Waals surface area contributed by atoms with Crippen molar-refractivity contribution in [3.8, 4) is 34.2 Å². The maximum Gasteiger partial charge on any atom is 0.164 e. The third kappa shape index (κ3) is 3.89. The summed E-state index contributed by atoms with van der Waals surface area (Å²) in [6.07, 6.45) is 0. The quantitative estimate of drug-likeness (QED) is 0.188. The number of fused-ring (bicyclic) bond motifs is 10. The van der Waals surface area contributed by atoms with Gasteiger partial charge in [-0.15, -0.1) is 11.3 Å². The standard InChI is InChI=1S/C41H23N3OS/c1-2-9-26(10-3-1)39-42-40(27-18-21-35-33(22-27)30-12-6-7-13-34(30)45-35)44-41(43-39)28-17-19-31-32-20-16-25-15-14-24-8-4-5-11-29(24)37(25)38(32)46-36(31)23-28/h1-23H. The summed E-state index contributed by atoms with van der Waals surface area (Å²) in [5, 5.41) is 9.76. The highest BCUT2D eigenvalue weighted by Crippen LogP contribution is 2.42. The number of aromatic nitrogens is 3. The van der Waals surface area contributed by atoms with Crippen molar-refractivity contribution >= 4 is 75.0 Å². The van der Waals surface area contributed by atoms with Gasteiger partial charge in [-0.05, 0) is 46.5 Å². The van der Waals surface area contributed by atoms with E-state index in [0.717, 1.165) is 38.6 Å². The van der Waals surface area contributed by atoms with Crippen molar-refractivity contribution < 1.29 is 4.42 Å². The van der Waals surface area contributed by atoms with Gasteiger partial charge in [0.05, 0.1) is 0 Å². The molecule has 0 aliphatic heterocycles. The molecule has 5 heteroatoms. The third-order valence-corrected chi connectivity index (χ3v) is 10.1. The largest absolute Gasteiger partial charge is 0.456 e. The average molecular weight is 606 g/mol. The van der Waals surface area contributed by atoms with E-state index in [1.807, 2.05) is 72.0 Å². The molecule has 46 heavy (non-hydrogen) atoms. The predicted octanol–water partition coefficient (Wildman–Crippen LogP) is 11.4. The van der Waals surface area contributed by atoms with Crippen LogP contribution in [0.3, 0.4) is 0 Å². The van der Waals surface area contributed by atoms with Crippen molar-refractivity contribution in [1.82, 2.24) is 15.0 Å². The fourth-order valence-electron chi connectivity index (χ4n) is 6.68. The summed E-state index contributed by atoms with van der Waals surface area (Å²) in [6, 6.07) is 48.6. The maximum absolute atomic E-state index is 6.09. The van der Waals surface area contributed by atoms with Crippen LogP contribution in [0.5, 0.6) is 0 Å². The molecule has 0 radical (unpaired) electrons. The minimum absolute atomic E-state index is 0.630. The molecular weight excluding hydrogens is 583 g/mol. The van der Waals surface area contributed by atoms with E-state index in [9.17, 15) is 0 Å². The SMILES string of the molecule is c1ccc(-c2nc(-c3ccc4c(c3)sc3c4ccc4ccc5ccccc5c43)nc(-c3ccc4oc5ccccc5c4c3)n2)cc1. The summed E-state index contributed by atoms with van der Waals surface area (Å²) in [5.41, 5.74) is 4.54. The zero-order valence-corrected chi connectivity index (χ0v) is 25.3. The number of hydrogen-bond acceptors (Lipinski definition) is 5. The summed E-state index contributed by atoms with van der Waals surface area (Å²) in [4.78, 5) is 15.1. The van der Waals surface area contributed by atoms with Crippen LogP contribution in [0, 0.1) is 0 Å². The number of thiophene rings is 1. The van der Waals surface area contributed by atoms with Gasteiger partial charge >= 0.3 is 0 Å². The molecule has 0 atom stereocenters. The van der Waals surface area contributed by atoms with Crippen LogP contribution in [-0.2, 0) is 0 Å². The summed E-state index contributed by atoms with van der Waals surface area (Å²) in [6.45, 7) is 0. The van der Waals surface area contributed by atoms with Gasteiger partial charge in [-0.1, -0.05) is 109 Å². The Morgan fingerprint density at radius 3 is 1.91 bits per heavy atom. The van der Waals surface area contributed by atoms with Crippen molar-refractivity contribution in [3.63, 3.8) is 0 Å². The van der Waals surface area contributed by atoms with E-state index >= 15 is 0 Å². The fraction of sp³-hybridized carbons (Fsp3) is 0. The number of nitrogens with zero attached hydrogens (tertiary/aromatic N) is 3. The molecule has 214 valence electrons. The van der Waals surface area contributed by atoms with Crippen LogP contribution in [0.2, 0.25) is 0 Å². The first-order valence-electron chi connectivity index (χ1n) is 15.3. The van der Waals surface area contributed by atoms with Crippen LogP contribution < -0.4 is 0 Å². The molecule has 0 saturated heterocycles. The van der Waals surface area contributed by atoms with Crippen LogP contribution in [0.25, 0.3) is 97.8 Å². The molecule has 0 aliphatic rings. The molecule has 0 spiro atoms.